The third-order valence-electron chi connectivity index (χ3n) is 4.87. The van der Waals surface area contributed by atoms with E-state index in [9.17, 15) is 4.79 Å². The van der Waals surface area contributed by atoms with E-state index in [4.69, 9.17) is 4.42 Å². The third kappa shape index (κ3) is 2.82. The molecule has 122 valence electrons. The molecule has 0 fully saturated rings. The normalized spacial score (nSPS) is 15.0. The van der Waals surface area contributed by atoms with Crippen LogP contribution in [0.25, 0.3) is 11.0 Å². The summed E-state index contributed by atoms with van der Waals surface area (Å²) < 4.78 is 5.65. The van der Waals surface area contributed by atoms with Crippen LogP contribution in [0.4, 0.5) is 0 Å². The van der Waals surface area contributed by atoms with E-state index in [0.717, 1.165) is 23.0 Å². The van der Waals surface area contributed by atoms with Crippen LogP contribution in [0.5, 0.6) is 0 Å². The molecule has 1 aliphatic carbocycles. The molecule has 1 amide bonds. The average Bonchev–Trinajstić information content (AvgIpc) is 3.05. The second kappa shape index (κ2) is 6.16. The number of carbonyl (C=O) groups is 1. The molecule has 1 atom stereocenters. The third-order valence-corrected chi connectivity index (χ3v) is 4.87. The summed E-state index contributed by atoms with van der Waals surface area (Å²) in [7, 11) is 0. The summed E-state index contributed by atoms with van der Waals surface area (Å²) in [4.78, 5) is 12.5. The van der Waals surface area contributed by atoms with Gasteiger partial charge in [0.15, 0.2) is 5.76 Å². The van der Waals surface area contributed by atoms with E-state index in [-0.39, 0.29) is 11.9 Å². The van der Waals surface area contributed by atoms with Crippen molar-refractivity contribution in [1.29, 1.82) is 0 Å². The summed E-state index contributed by atoms with van der Waals surface area (Å²) in [6.45, 7) is 2.02. The zero-order valence-electron chi connectivity index (χ0n) is 13.8. The lowest BCUT2D eigenvalue weighted by molar-refractivity contribution is 0.0914. The van der Waals surface area contributed by atoms with Crippen LogP contribution >= 0.6 is 0 Å². The first-order valence-corrected chi connectivity index (χ1v) is 8.62. The lowest BCUT2D eigenvalue weighted by Crippen LogP contribution is -2.26. The largest absolute Gasteiger partial charge is 0.451 e. The van der Waals surface area contributed by atoms with Gasteiger partial charge < -0.3 is 9.73 Å². The highest BCUT2D eigenvalue weighted by molar-refractivity contribution is 5.96. The van der Waals surface area contributed by atoms with Crippen molar-refractivity contribution in [2.24, 2.45) is 0 Å². The van der Waals surface area contributed by atoms with Crippen LogP contribution in [0.15, 0.2) is 52.9 Å². The molecule has 24 heavy (non-hydrogen) atoms. The van der Waals surface area contributed by atoms with Crippen LogP contribution in [-0.4, -0.2) is 5.91 Å². The van der Waals surface area contributed by atoms with Gasteiger partial charge in [-0.2, -0.15) is 0 Å². The van der Waals surface area contributed by atoms with Crippen molar-refractivity contribution in [1.82, 2.24) is 5.32 Å². The zero-order chi connectivity index (χ0) is 16.5. The summed E-state index contributed by atoms with van der Waals surface area (Å²) in [5.74, 6) is 0.192. The molecular formula is C21H21NO2. The number of benzene rings is 2. The number of hydrogen-bond acceptors (Lipinski definition) is 2. The van der Waals surface area contributed by atoms with Crippen LogP contribution in [0.2, 0.25) is 0 Å². The predicted octanol–water partition coefficient (Wildman–Crippen LogP) is 4.80. The van der Waals surface area contributed by atoms with Gasteiger partial charge in [0.1, 0.15) is 5.58 Å². The molecule has 1 heterocycles. The molecule has 0 unspecified atom stereocenters. The molecular weight excluding hydrogens is 298 g/mol. The molecule has 3 aromatic rings. The Morgan fingerprint density at radius 3 is 2.67 bits per heavy atom. The molecule has 0 saturated heterocycles. The Bertz CT molecular complexity index is 861. The molecule has 0 aliphatic heterocycles. The summed E-state index contributed by atoms with van der Waals surface area (Å²) in [5.41, 5.74) is 4.79. The Balaban J connectivity index is 1.52. The lowest BCUT2D eigenvalue weighted by atomic mass is 9.89. The van der Waals surface area contributed by atoms with Gasteiger partial charge in [-0.1, -0.05) is 36.4 Å². The minimum absolute atomic E-state index is 0.0436. The fourth-order valence-electron chi connectivity index (χ4n) is 3.47. The number of nitrogens with one attached hydrogen (secondary N) is 1. The first-order valence-electron chi connectivity index (χ1n) is 8.62. The van der Waals surface area contributed by atoms with E-state index < -0.39 is 0 Å². The molecule has 1 aromatic heterocycles. The van der Waals surface area contributed by atoms with Gasteiger partial charge in [-0.15, -0.1) is 0 Å². The molecule has 3 heteroatoms. The Morgan fingerprint density at radius 2 is 1.83 bits per heavy atom. The summed E-state index contributed by atoms with van der Waals surface area (Å²) >= 11 is 0. The molecule has 3 nitrogen and oxygen atoms in total. The van der Waals surface area contributed by atoms with Gasteiger partial charge in [-0.25, -0.2) is 0 Å². The van der Waals surface area contributed by atoms with Gasteiger partial charge in [0.2, 0.25) is 0 Å². The highest BCUT2D eigenvalue weighted by Gasteiger charge is 2.17. The summed E-state index contributed by atoms with van der Waals surface area (Å²) in [5, 5.41) is 4.00. The average molecular weight is 319 g/mol. The maximum Gasteiger partial charge on any atom is 0.287 e. The van der Waals surface area contributed by atoms with Gasteiger partial charge in [0.25, 0.3) is 5.91 Å². The predicted molar refractivity (Wildman–Crippen MR) is 95.2 cm³/mol. The lowest BCUT2D eigenvalue weighted by Gasteiger charge is -2.19. The Labute approximate surface area is 141 Å². The van der Waals surface area contributed by atoms with E-state index in [1.54, 1.807) is 6.07 Å². The highest BCUT2D eigenvalue weighted by Crippen LogP contribution is 2.25. The SMILES string of the molecule is C[C@@H](NC(=O)c1cc2ccccc2o1)c1ccc2c(c1)CCCC2. The van der Waals surface area contributed by atoms with Crippen molar-refractivity contribution in [3.8, 4) is 0 Å². The van der Waals surface area contributed by atoms with Crippen LogP contribution in [0.1, 0.15) is 53.1 Å². The second-order valence-corrected chi connectivity index (χ2v) is 6.58. The highest BCUT2D eigenvalue weighted by atomic mass is 16.3. The van der Waals surface area contributed by atoms with Crippen LogP contribution < -0.4 is 5.32 Å². The minimum Gasteiger partial charge on any atom is -0.451 e. The zero-order valence-corrected chi connectivity index (χ0v) is 13.8. The molecule has 1 N–H and O–H groups in total. The van der Waals surface area contributed by atoms with Crippen LogP contribution in [0.3, 0.4) is 0 Å². The Kier molecular flexibility index (Phi) is 3.85. The fourth-order valence-corrected chi connectivity index (χ4v) is 3.47. The van der Waals surface area contributed by atoms with Crippen molar-refractivity contribution in [2.75, 3.05) is 0 Å². The van der Waals surface area contributed by atoms with Crippen molar-refractivity contribution in [2.45, 2.75) is 38.6 Å². The van der Waals surface area contributed by atoms with Crippen LogP contribution in [-0.2, 0) is 12.8 Å². The standard InChI is InChI=1S/C21H21NO2/c1-14(16-11-10-15-6-2-3-7-17(15)12-16)22-21(23)20-13-18-8-4-5-9-19(18)24-20/h4-5,8-14H,2-3,6-7H2,1H3,(H,22,23)/t14-/m1/s1. The number of furan rings is 1. The van der Waals surface area contributed by atoms with E-state index in [1.807, 2.05) is 31.2 Å². The number of fused-ring (bicyclic) bond motifs is 2. The van der Waals surface area contributed by atoms with Gasteiger partial charge >= 0.3 is 0 Å². The van der Waals surface area contributed by atoms with Gasteiger partial charge in [-0.3, -0.25) is 4.79 Å². The van der Waals surface area contributed by atoms with E-state index in [1.165, 1.54) is 30.4 Å². The topological polar surface area (TPSA) is 42.2 Å². The van der Waals surface area contributed by atoms with Crippen molar-refractivity contribution in [3.63, 3.8) is 0 Å². The number of rotatable bonds is 3. The van der Waals surface area contributed by atoms with E-state index in [0.29, 0.717) is 5.76 Å². The quantitative estimate of drug-likeness (QED) is 0.753. The molecule has 0 spiro atoms. The van der Waals surface area contributed by atoms with Gasteiger partial charge in [0, 0.05) is 5.39 Å². The first-order chi connectivity index (χ1) is 11.7. The molecule has 2 aromatic carbocycles. The van der Waals surface area contributed by atoms with Gasteiger partial charge in [-0.05, 0) is 61.4 Å². The molecule has 1 aliphatic rings. The maximum absolute atomic E-state index is 12.5. The number of hydrogen-bond donors (Lipinski definition) is 1. The minimum atomic E-state index is -0.170. The van der Waals surface area contributed by atoms with Crippen molar-refractivity contribution < 1.29 is 9.21 Å². The van der Waals surface area contributed by atoms with E-state index >= 15 is 0 Å². The Hall–Kier alpha value is -2.55. The maximum atomic E-state index is 12.5. The number of para-hydroxylation sites is 1. The molecule has 0 saturated carbocycles. The fraction of sp³-hybridized carbons (Fsp3) is 0.286. The first kappa shape index (κ1) is 15.0. The monoisotopic (exact) mass is 319 g/mol. The molecule has 0 bridgehead atoms. The molecule has 0 radical (unpaired) electrons. The van der Waals surface area contributed by atoms with Crippen molar-refractivity contribution >= 4 is 16.9 Å². The molecule has 4 rings (SSSR count). The smallest absolute Gasteiger partial charge is 0.287 e. The summed E-state index contributed by atoms with van der Waals surface area (Å²) in [6.07, 6.45) is 4.86. The summed E-state index contributed by atoms with van der Waals surface area (Å²) in [6, 6.07) is 16.0. The number of aryl methyl sites for hydroxylation is 2. The number of carbonyl (C=O) groups excluding carboxylic acids is 1. The van der Waals surface area contributed by atoms with Crippen molar-refractivity contribution in [3.05, 3.63) is 71.0 Å². The Morgan fingerprint density at radius 1 is 1.04 bits per heavy atom. The number of amides is 1. The van der Waals surface area contributed by atoms with Gasteiger partial charge in [0.05, 0.1) is 6.04 Å². The van der Waals surface area contributed by atoms with E-state index in [2.05, 4.69) is 23.5 Å². The van der Waals surface area contributed by atoms with Crippen LogP contribution in [0, 0.1) is 0 Å². The second-order valence-electron chi connectivity index (χ2n) is 6.58.